The summed E-state index contributed by atoms with van der Waals surface area (Å²) in [5, 5.41) is 0. The van der Waals surface area contributed by atoms with Gasteiger partial charge in [0.25, 0.3) is 0 Å². The van der Waals surface area contributed by atoms with Crippen LogP contribution in [-0.4, -0.2) is 19.7 Å². The number of ether oxygens (including phenoxy) is 3. The van der Waals surface area contributed by atoms with Crippen LogP contribution in [0.4, 0.5) is 0 Å². The van der Waals surface area contributed by atoms with Gasteiger partial charge in [0.2, 0.25) is 0 Å². The van der Waals surface area contributed by atoms with Crippen LogP contribution in [0.1, 0.15) is 120 Å². The lowest BCUT2D eigenvalue weighted by Crippen LogP contribution is -2.09. The molecule has 4 heteroatoms. The van der Waals surface area contributed by atoms with Gasteiger partial charge in [0.1, 0.15) is 17.2 Å². The van der Waals surface area contributed by atoms with Crippen LogP contribution in [0.25, 0.3) is 0 Å². The average Bonchev–Trinajstić information content (AvgIpc) is 2.90. The highest BCUT2D eigenvalue weighted by atomic mass is 16.5. The van der Waals surface area contributed by atoms with Gasteiger partial charge in [0.15, 0.2) is 0 Å². The van der Waals surface area contributed by atoms with Gasteiger partial charge < -0.3 is 14.2 Å². The van der Waals surface area contributed by atoms with E-state index in [9.17, 15) is 4.79 Å². The number of esters is 1. The van der Waals surface area contributed by atoms with Crippen molar-refractivity contribution in [3.63, 3.8) is 0 Å². The monoisotopic (exact) mass is 496 g/mol. The van der Waals surface area contributed by atoms with Gasteiger partial charge in [-0.3, -0.25) is 0 Å². The molecule has 0 atom stereocenters. The summed E-state index contributed by atoms with van der Waals surface area (Å²) in [7, 11) is 1.58. The van der Waals surface area contributed by atoms with E-state index in [1.165, 1.54) is 96.3 Å². The van der Waals surface area contributed by atoms with Gasteiger partial charge in [0, 0.05) is 6.07 Å². The first-order valence-electron chi connectivity index (χ1n) is 14.3. The molecule has 2 aromatic rings. The van der Waals surface area contributed by atoms with Gasteiger partial charge in [-0.15, -0.1) is 0 Å². The summed E-state index contributed by atoms with van der Waals surface area (Å²) in [6, 6.07) is 14.3. The zero-order chi connectivity index (χ0) is 25.7. The van der Waals surface area contributed by atoms with Crippen LogP contribution in [0.15, 0.2) is 48.5 Å². The van der Waals surface area contributed by atoms with E-state index in [1.54, 1.807) is 31.4 Å². The third-order valence-electron chi connectivity index (χ3n) is 6.57. The highest BCUT2D eigenvalue weighted by Gasteiger charge is 2.12. The Morgan fingerprint density at radius 2 is 1.11 bits per heavy atom. The second-order valence-corrected chi connectivity index (χ2v) is 9.75. The average molecular weight is 497 g/mol. The second-order valence-electron chi connectivity index (χ2n) is 9.75. The first kappa shape index (κ1) is 29.7. The number of carbonyl (C=O) groups excluding carboxylic acids is 1. The van der Waals surface area contributed by atoms with Gasteiger partial charge in [-0.1, -0.05) is 121 Å². The fraction of sp³-hybridized carbons (Fsp3) is 0.594. The third-order valence-corrected chi connectivity index (χ3v) is 6.57. The van der Waals surface area contributed by atoms with E-state index in [-0.39, 0.29) is 0 Å². The van der Waals surface area contributed by atoms with E-state index in [1.807, 2.05) is 24.3 Å². The largest absolute Gasteiger partial charge is 0.497 e. The first-order valence-corrected chi connectivity index (χ1v) is 14.3. The molecule has 0 spiro atoms. The highest BCUT2D eigenvalue weighted by molar-refractivity contribution is 5.92. The molecule has 0 saturated carbocycles. The van der Waals surface area contributed by atoms with Crippen molar-refractivity contribution in [3.8, 4) is 17.2 Å². The highest BCUT2D eigenvalue weighted by Crippen LogP contribution is 2.24. The van der Waals surface area contributed by atoms with Gasteiger partial charge in [-0.25, -0.2) is 4.79 Å². The van der Waals surface area contributed by atoms with Crippen LogP contribution in [-0.2, 0) is 0 Å². The molecule has 4 nitrogen and oxygen atoms in total. The van der Waals surface area contributed by atoms with Crippen LogP contribution in [0.2, 0.25) is 0 Å². The third kappa shape index (κ3) is 13.6. The van der Waals surface area contributed by atoms with Gasteiger partial charge in [0.05, 0.1) is 19.3 Å². The SMILES string of the molecule is CCCCCCCCCCCCCCCCCCOc1cc(OC)cc(C(=O)Oc2ccccc2)c1. The minimum atomic E-state index is -0.424. The minimum Gasteiger partial charge on any atom is -0.497 e. The zero-order valence-corrected chi connectivity index (χ0v) is 22.8. The maximum atomic E-state index is 12.5. The van der Waals surface area contributed by atoms with Crippen molar-refractivity contribution in [2.75, 3.05) is 13.7 Å². The van der Waals surface area contributed by atoms with Crippen LogP contribution >= 0.6 is 0 Å². The quantitative estimate of drug-likeness (QED) is 0.0980. The van der Waals surface area contributed by atoms with Crippen molar-refractivity contribution in [2.45, 2.75) is 110 Å². The predicted octanol–water partition coefficient (Wildman–Crippen LogP) is 9.55. The topological polar surface area (TPSA) is 44.8 Å². The van der Waals surface area contributed by atoms with Crippen molar-refractivity contribution >= 4 is 5.97 Å². The Bertz CT molecular complexity index is 818. The van der Waals surface area contributed by atoms with Crippen molar-refractivity contribution in [1.82, 2.24) is 0 Å². The molecule has 200 valence electrons. The summed E-state index contributed by atoms with van der Waals surface area (Å²) in [6.07, 6.45) is 21.6. The zero-order valence-electron chi connectivity index (χ0n) is 22.8. The van der Waals surface area contributed by atoms with E-state index >= 15 is 0 Å². The molecular weight excluding hydrogens is 448 g/mol. The number of methoxy groups -OCH3 is 1. The molecule has 0 bridgehead atoms. The Morgan fingerprint density at radius 1 is 0.611 bits per heavy atom. The molecule has 0 unspecified atom stereocenters. The van der Waals surface area contributed by atoms with E-state index < -0.39 is 5.97 Å². The van der Waals surface area contributed by atoms with E-state index in [2.05, 4.69) is 6.92 Å². The molecule has 2 rings (SSSR count). The molecule has 2 aromatic carbocycles. The Kier molecular flexibility index (Phi) is 16.2. The second kappa shape index (κ2) is 19.7. The van der Waals surface area contributed by atoms with Crippen molar-refractivity contribution in [2.24, 2.45) is 0 Å². The predicted molar refractivity (Wildman–Crippen MR) is 149 cm³/mol. The summed E-state index contributed by atoms with van der Waals surface area (Å²) < 4.78 is 16.7. The van der Waals surface area contributed by atoms with Crippen molar-refractivity contribution in [3.05, 3.63) is 54.1 Å². The summed E-state index contributed by atoms with van der Waals surface area (Å²) in [5.41, 5.74) is 0.417. The van der Waals surface area contributed by atoms with Crippen LogP contribution in [0, 0.1) is 0 Å². The summed E-state index contributed by atoms with van der Waals surface area (Å²) in [4.78, 5) is 12.5. The Morgan fingerprint density at radius 3 is 1.64 bits per heavy atom. The summed E-state index contributed by atoms with van der Waals surface area (Å²) in [6.45, 7) is 2.92. The Labute approximate surface area is 219 Å². The van der Waals surface area contributed by atoms with Crippen LogP contribution < -0.4 is 14.2 Å². The summed E-state index contributed by atoms with van der Waals surface area (Å²) >= 11 is 0. The van der Waals surface area contributed by atoms with Crippen molar-refractivity contribution in [1.29, 1.82) is 0 Å². The molecule has 0 aliphatic carbocycles. The summed E-state index contributed by atoms with van der Waals surface area (Å²) in [5.74, 6) is 1.31. The number of hydrogen-bond acceptors (Lipinski definition) is 4. The maximum Gasteiger partial charge on any atom is 0.343 e. The van der Waals surface area contributed by atoms with E-state index in [4.69, 9.17) is 14.2 Å². The van der Waals surface area contributed by atoms with Gasteiger partial charge in [-0.2, -0.15) is 0 Å². The van der Waals surface area contributed by atoms with E-state index in [0.29, 0.717) is 29.4 Å². The first-order chi connectivity index (χ1) is 17.7. The molecule has 0 N–H and O–H groups in total. The minimum absolute atomic E-state index is 0.417. The molecule has 36 heavy (non-hydrogen) atoms. The normalized spacial score (nSPS) is 10.8. The van der Waals surface area contributed by atoms with Gasteiger partial charge >= 0.3 is 5.97 Å². The standard InChI is InChI=1S/C32H48O4/c1-3-4-5-6-7-8-9-10-11-12-13-14-15-16-17-21-24-35-31-26-28(25-30(27-31)34-2)32(33)36-29-22-19-18-20-23-29/h18-20,22-23,25-27H,3-17,21,24H2,1-2H3. The molecule has 0 aromatic heterocycles. The molecule has 0 heterocycles. The molecule has 0 saturated heterocycles. The molecule has 0 aliphatic heterocycles. The van der Waals surface area contributed by atoms with Crippen LogP contribution in [0.5, 0.6) is 17.2 Å². The maximum absolute atomic E-state index is 12.5. The lowest BCUT2D eigenvalue weighted by molar-refractivity contribution is 0.0734. The fourth-order valence-electron chi connectivity index (χ4n) is 4.39. The number of unbranched alkanes of at least 4 members (excludes halogenated alkanes) is 15. The van der Waals surface area contributed by atoms with E-state index in [0.717, 1.165) is 6.42 Å². The Hall–Kier alpha value is -2.49. The molecule has 0 radical (unpaired) electrons. The number of para-hydroxylation sites is 1. The Balaban J connectivity index is 1.51. The molecule has 0 fully saturated rings. The smallest absolute Gasteiger partial charge is 0.343 e. The molecule has 0 aliphatic rings. The lowest BCUT2D eigenvalue weighted by atomic mass is 10.0. The number of hydrogen-bond donors (Lipinski definition) is 0. The number of carbonyl (C=O) groups is 1. The molecular formula is C32H48O4. The number of rotatable bonds is 21. The molecule has 0 amide bonds. The lowest BCUT2D eigenvalue weighted by Gasteiger charge is -2.11. The van der Waals surface area contributed by atoms with Gasteiger partial charge in [-0.05, 0) is 30.7 Å². The van der Waals surface area contributed by atoms with Crippen molar-refractivity contribution < 1.29 is 19.0 Å². The van der Waals surface area contributed by atoms with Crippen LogP contribution in [0.3, 0.4) is 0 Å². The number of benzene rings is 2. The fourth-order valence-corrected chi connectivity index (χ4v) is 4.39.